The van der Waals surface area contributed by atoms with Crippen molar-refractivity contribution in [2.45, 2.75) is 38.1 Å². The van der Waals surface area contributed by atoms with E-state index in [0.717, 1.165) is 12.5 Å². The third kappa shape index (κ3) is 2.68. The number of hydrogen-bond acceptors (Lipinski definition) is 4. The highest BCUT2D eigenvalue weighted by molar-refractivity contribution is 7.09. The van der Waals surface area contributed by atoms with Crippen molar-refractivity contribution in [3.05, 3.63) is 16.1 Å². The summed E-state index contributed by atoms with van der Waals surface area (Å²) in [6, 6.07) is 0. The molecule has 0 bridgehead atoms. The van der Waals surface area contributed by atoms with Gasteiger partial charge in [-0.1, -0.05) is 0 Å². The molecular formula is C14H22ClN3S. The van der Waals surface area contributed by atoms with E-state index in [1.54, 1.807) is 4.88 Å². The quantitative estimate of drug-likeness (QED) is 0.930. The van der Waals surface area contributed by atoms with Crippen LogP contribution in [0.25, 0.3) is 0 Å². The van der Waals surface area contributed by atoms with Gasteiger partial charge >= 0.3 is 0 Å². The molecule has 1 unspecified atom stereocenters. The molecule has 3 heterocycles. The van der Waals surface area contributed by atoms with Crippen LogP contribution >= 0.6 is 23.7 Å². The Morgan fingerprint density at radius 2 is 2.32 bits per heavy atom. The summed E-state index contributed by atoms with van der Waals surface area (Å²) in [5.74, 6) is 0.802. The number of aromatic nitrogens is 1. The Bertz CT molecular complexity index is 438. The lowest BCUT2D eigenvalue weighted by Gasteiger charge is -2.22. The SMILES string of the molecule is Cl.c1nc(C2CC2)c(CN2CCC3(CCNC3)C2)s1. The number of likely N-dealkylation sites (tertiary alicyclic amines) is 1. The van der Waals surface area contributed by atoms with Gasteiger partial charge in [0.2, 0.25) is 0 Å². The first-order valence-electron chi connectivity index (χ1n) is 7.20. The molecule has 0 aromatic carbocycles. The topological polar surface area (TPSA) is 28.2 Å². The maximum Gasteiger partial charge on any atom is 0.0798 e. The molecule has 3 fully saturated rings. The fourth-order valence-corrected chi connectivity index (χ4v) is 4.49. The average Bonchev–Trinajstić information content (AvgIpc) is 2.80. The molecule has 2 saturated heterocycles. The van der Waals surface area contributed by atoms with Crippen molar-refractivity contribution in [2.24, 2.45) is 5.41 Å². The van der Waals surface area contributed by atoms with Gasteiger partial charge in [0, 0.05) is 30.4 Å². The van der Waals surface area contributed by atoms with Crippen LogP contribution in [-0.4, -0.2) is 36.1 Å². The van der Waals surface area contributed by atoms with Crippen LogP contribution in [0, 0.1) is 5.41 Å². The molecule has 3 aliphatic rings. The maximum absolute atomic E-state index is 4.59. The van der Waals surface area contributed by atoms with E-state index in [4.69, 9.17) is 0 Å². The first-order valence-corrected chi connectivity index (χ1v) is 8.08. The van der Waals surface area contributed by atoms with E-state index in [1.165, 1.54) is 57.6 Å². The molecule has 0 amide bonds. The second-order valence-electron chi connectivity index (χ2n) is 6.32. The van der Waals surface area contributed by atoms with E-state index >= 15 is 0 Å². The van der Waals surface area contributed by atoms with E-state index in [0.29, 0.717) is 5.41 Å². The summed E-state index contributed by atoms with van der Waals surface area (Å²) in [6.45, 7) is 6.19. The van der Waals surface area contributed by atoms with Gasteiger partial charge in [-0.2, -0.15) is 0 Å². The third-order valence-corrected chi connectivity index (χ3v) is 5.69. The normalized spacial score (nSPS) is 30.9. The van der Waals surface area contributed by atoms with Gasteiger partial charge in [-0.25, -0.2) is 4.98 Å². The van der Waals surface area contributed by atoms with Gasteiger partial charge < -0.3 is 5.32 Å². The Kier molecular flexibility index (Phi) is 3.87. The van der Waals surface area contributed by atoms with Gasteiger partial charge in [0.15, 0.2) is 0 Å². The molecule has 106 valence electrons. The van der Waals surface area contributed by atoms with Crippen LogP contribution in [0.5, 0.6) is 0 Å². The minimum Gasteiger partial charge on any atom is -0.316 e. The first kappa shape index (κ1) is 13.8. The Morgan fingerprint density at radius 1 is 1.42 bits per heavy atom. The summed E-state index contributed by atoms with van der Waals surface area (Å²) in [7, 11) is 0. The van der Waals surface area contributed by atoms with Crippen molar-refractivity contribution in [1.82, 2.24) is 15.2 Å². The van der Waals surface area contributed by atoms with Crippen LogP contribution < -0.4 is 5.32 Å². The molecule has 1 atom stereocenters. The molecule has 5 heteroatoms. The standard InChI is InChI=1S/C14H21N3S.ClH/c1-2-11(1)13-12(18-10-16-13)7-17-6-4-14(9-17)3-5-15-8-14;/h10-11,15H,1-9H2;1H. The van der Waals surface area contributed by atoms with Crippen molar-refractivity contribution >= 4 is 23.7 Å². The van der Waals surface area contributed by atoms with E-state index in [1.807, 2.05) is 16.8 Å². The summed E-state index contributed by atoms with van der Waals surface area (Å²) >= 11 is 1.87. The van der Waals surface area contributed by atoms with E-state index in [9.17, 15) is 0 Å². The minimum atomic E-state index is 0. The molecule has 1 aromatic heterocycles. The van der Waals surface area contributed by atoms with E-state index < -0.39 is 0 Å². The van der Waals surface area contributed by atoms with Gasteiger partial charge in [-0.05, 0) is 44.2 Å². The summed E-state index contributed by atoms with van der Waals surface area (Å²) in [6.07, 6.45) is 5.49. The Balaban J connectivity index is 0.00000110. The molecule has 2 aliphatic heterocycles. The predicted molar refractivity (Wildman–Crippen MR) is 81.2 cm³/mol. The van der Waals surface area contributed by atoms with Gasteiger partial charge in [0.05, 0.1) is 11.2 Å². The number of halogens is 1. The van der Waals surface area contributed by atoms with Crippen molar-refractivity contribution in [1.29, 1.82) is 0 Å². The molecule has 19 heavy (non-hydrogen) atoms. The second kappa shape index (κ2) is 5.32. The molecular weight excluding hydrogens is 278 g/mol. The number of thiazole rings is 1. The van der Waals surface area contributed by atoms with Crippen LogP contribution in [0.1, 0.15) is 42.2 Å². The zero-order valence-corrected chi connectivity index (χ0v) is 12.9. The van der Waals surface area contributed by atoms with Crippen molar-refractivity contribution in [2.75, 3.05) is 26.2 Å². The summed E-state index contributed by atoms with van der Waals surface area (Å²) in [5, 5.41) is 3.54. The molecule has 1 N–H and O–H groups in total. The highest BCUT2D eigenvalue weighted by Crippen LogP contribution is 2.43. The Hall–Kier alpha value is -0.160. The monoisotopic (exact) mass is 299 g/mol. The van der Waals surface area contributed by atoms with Crippen LogP contribution in [0.15, 0.2) is 5.51 Å². The molecule has 4 rings (SSSR count). The zero-order valence-electron chi connectivity index (χ0n) is 11.2. The number of rotatable bonds is 3. The number of nitrogens with zero attached hydrogens (tertiary/aromatic N) is 2. The Labute approximate surface area is 125 Å². The fourth-order valence-electron chi connectivity index (χ4n) is 3.60. The lowest BCUT2D eigenvalue weighted by molar-refractivity contribution is 0.269. The molecule has 1 aliphatic carbocycles. The van der Waals surface area contributed by atoms with Crippen LogP contribution in [0.3, 0.4) is 0 Å². The summed E-state index contributed by atoms with van der Waals surface area (Å²) in [5.41, 5.74) is 4.07. The van der Waals surface area contributed by atoms with Crippen molar-refractivity contribution in [3.8, 4) is 0 Å². The van der Waals surface area contributed by atoms with Crippen LogP contribution in [-0.2, 0) is 6.54 Å². The van der Waals surface area contributed by atoms with Crippen LogP contribution in [0.2, 0.25) is 0 Å². The van der Waals surface area contributed by atoms with Gasteiger partial charge in [-0.3, -0.25) is 4.90 Å². The predicted octanol–water partition coefficient (Wildman–Crippen LogP) is 2.63. The highest BCUT2D eigenvalue weighted by Gasteiger charge is 2.40. The number of nitrogens with one attached hydrogen (secondary N) is 1. The molecule has 1 saturated carbocycles. The molecule has 1 spiro atoms. The highest BCUT2D eigenvalue weighted by atomic mass is 35.5. The molecule has 1 aromatic rings. The minimum absolute atomic E-state index is 0. The van der Waals surface area contributed by atoms with Gasteiger partial charge in [0.1, 0.15) is 0 Å². The van der Waals surface area contributed by atoms with Crippen LogP contribution in [0.4, 0.5) is 0 Å². The lowest BCUT2D eigenvalue weighted by atomic mass is 9.87. The Morgan fingerprint density at radius 3 is 3.05 bits per heavy atom. The van der Waals surface area contributed by atoms with Crippen molar-refractivity contribution in [3.63, 3.8) is 0 Å². The number of hydrogen-bond donors (Lipinski definition) is 1. The molecule has 0 radical (unpaired) electrons. The summed E-state index contributed by atoms with van der Waals surface area (Å²) < 4.78 is 0. The maximum atomic E-state index is 4.59. The smallest absolute Gasteiger partial charge is 0.0798 e. The fraction of sp³-hybridized carbons (Fsp3) is 0.786. The average molecular weight is 300 g/mol. The lowest BCUT2D eigenvalue weighted by Crippen LogP contribution is -2.28. The summed E-state index contributed by atoms with van der Waals surface area (Å²) in [4.78, 5) is 8.79. The van der Waals surface area contributed by atoms with E-state index in [2.05, 4.69) is 15.2 Å². The second-order valence-corrected chi connectivity index (χ2v) is 7.26. The van der Waals surface area contributed by atoms with Crippen molar-refractivity contribution < 1.29 is 0 Å². The van der Waals surface area contributed by atoms with E-state index in [-0.39, 0.29) is 12.4 Å². The largest absolute Gasteiger partial charge is 0.316 e. The molecule has 3 nitrogen and oxygen atoms in total. The third-order valence-electron chi connectivity index (χ3n) is 4.85. The first-order chi connectivity index (χ1) is 8.85. The van der Waals surface area contributed by atoms with Gasteiger partial charge in [0.25, 0.3) is 0 Å². The van der Waals surface area contributed by atoms with Gasteiger partial charge in [-0.15, -0.1) is 23.7 Å². The zero-order chi connectivity index (χ0) is 12.0.